The predicted octanol–water partition coefficient (Wildman–Crippen LogP) is 3.05. The first-order valence-electron chi connectivity index (χ1n) is 9.68. The molecule has 4 heterocycles. The van der Waals surface area contributed by atoms with E-state index in [4.69, 9.17) is 0 Å². The molecule has 28 heavy (non-hydrogen) atoms. The van der Waals surface area contributed by atoms with Crippen LogP contribution in [0.1, 0.15) is 37.7 Å². The molecule has 148 valence electrons. The van der Waals surface area contributed by atoms with Gasteiger partial charge in [0.15, 0.2) is 17.0 Å². The number of nitrogens with zero attached hydrogens (tertiary/aromatic N) is 7. The first-order chi connectivity index (χ1) is 13.6. The zero-order valence-electron chi connectivity index (χ0n) is 15.9. The van der Waals surface area contributed by atoms with E-state index in [0.29, 0.717) is 42.2 Å². The van der Waals surface area contributed by atoms with E-state index in [2.05, 4.69) is 32.2 Å². The molecule has 1 aliphatic rings. The van der Waals surface area contributed by atoms with Crippen LogP contribution in [-0.4, -0.2) is 49.0 Å². The van der Waals surface area contributed by atoms with Crippen LogP contribution in [0.15, 0.2) is 24.4 Å². The third-order valence-electron chi connectivity index (χ3n) is 4.92. The van der Waals surface area contributed by atoms with E-state index in [-0.39, 0.29) is 19.5 Å². The first-order valence-corrected chi connectivity index (χ1v) is 9.68. The molecule has 0 unspecified atom stereocenters. The Morgan fingerprint density at radius 3 is 2.79 bits per heavy atom. The minimum Gasteiger partial charge on any atom is -0.348 e. The van der Waals surface area contributed by atoms with E-state index in [1.807, 2.05) is 18.2 Å². The van der Waals surface area contributed by atoms with Gasteiger partial charge in [0.1, 0.15) is 5.82 Å². The summed E-state index contributed by atoms with van der Waals surface area (Å²) in [6.07, 6.45) is 4.92. The minimum atomic E-state index is -2.70. The number of alkyl halides is 2. The number of hydrogen-bond donors (Lipinski definition) is 0. The lowest BCUT2D eigenvalue weighted by atomic mass is 10.2. The van der Waals surface area contributed by atoms with Crippen LogP contribution in [0.4, 0.5) is 14.6 Å². The number of fused-ring (bicyclic) bond motifs is 1. The summed E-state index contributed by atoms with van der Waals surface area (Å²) >= 11 is 0. The molecule has 1 saturated heterocycles. The predicted molar refractivity (Wildman–Crippen MR) is 101 cm³/mol. The molecule has 1 aliphatic heterocycles. The second-order valence-corrected chi connectivity index (χ2v) is 7.15. The minimum absolute atomic E-state index is 0.170. The average molecular weight is 387 g/mol. The third-order valence-corrected chi connectivity index (χ3v) is 4.92. The molecule has 0 spiro atoms. The number of hydrogen-bond acceptors (Lipinski definition) is 6. The SMILES string of the molecule is CCCCc1nc(N2CCC(F)(F)C2)c2nnn(CCc3ccccn3)c2n1. The van der Waals surface area contributed by atoms with Crippen molar-refractivity contribution < 1.29 is 8.78 Å². The lowest BCUT2D eigenvalue weighted by Crippen LogP contribution is -2.26. The molecule has 1 fully saturated rings. The summed E-state index contributed by atoms with van der Waals surface area (Å²) in [5.41, 5.74) is 2.03. The lowest BCUT2D eigenvalue weighted by molar-refractivity contribution is 0.0257. The Kier molecular flexibility index (Phi) is 5.15. The Hall–Kier alpha value is -2.71. The van der Waals surface area contributed by atoms with Gasteiger partial charge in [-0.2, -0.15) is 0 Å². The summed E-state index contributed by atoms with van der Waals surface area (Å²) in [6, 6.07) is 5.77. The van der Waals surface area contributed by atoms with Crippen molar-refractivity contribution in [2.75, 3.05) is 18.0 Å². The van der Waals surface area contributed by atoms with Gasteiger partial charge in [-0.15, -0.1) is 5.10 Å². The molecule has 3 aromatic rings. The fourth-order valence-corrected chi connectivity index (χ4v) is 3.39. The molecular formula is C19H23F2N7. The molecule has 0 amide bonds. The van der Waals surface area contributed by atoms with Crippen molar-refractivity contribution in [1.29, 1.82) is 0 Å². The van der Waals surface area contributed by atoms with Gasteiger partial charge in [0.05, 0.1) is 13.1 Å². The van der Waals surface area contributed by atoms with Crippen LogP contribution >= 0.6 is 0 Å². The Morgan fingerprint density at radius 2 is 2.07 bits per heavy atom. The number of anilines is 1. The molecule has 0 atom stereocenters. The molecular weight excluding hydrogens is 364 g/mol. The molecule has 4 rings (SSSR count). The second-order valence-electron chi connectivity index (χ2n) is 7.15. The summed E-state index contributed by atoms with van der Waals surface area (Å²) in [7, 11) is 0. The maximum Gasteiger partial charge on any atom is 0.266 e. The van der Waals surface area contributed by atoms with Gasteiger partial charge in [0, 0.05) is 37.7 Å². The number of rotatable bonds is 7. The van der Waals surface area contributed by atoms with Crippen molar-refractivity contribution in [3.05, 3.63) is 35.9 Å². The lowest BCUT2D eigenvalue weighted by Gasteiger charge is -2.18. The van der Waals surface area contributed by atoms with E-state index in [9.17, 15) is 8.78 Å². The highest BCUT2D eigenvalue weighted by molar-refractivity contribution is 5.83. The van der Waals surface area contributed by atoms with E-state index < -0.39 is 5.92 Å². The van der Waals surface area contributed by atoms with Crippen LogP contribution in [-0.2, 0) is 19.4 Å². The van der Waals surface area contributed by atoms with E-state index in [1.165, 1.54) is 0 Å². The molecule has 0 radical (unpaired) electrons. The van der Waals surface area contributed by atoms with Gasteiger partial charge in [-0.25, -0.2) is 23.4 Å². The van der Waals surface area contributed by atoms with Crippen molar-refractivity contribution >= 4 is 17.0 Å². The maximum atomic E-state index is 13.8. The van der Waals surface area contributed by atoms with Crippen LogP contribution in [0.25, 0.3) is 11.2 Å². The summed E-state index contributed by atoms with van der Waals surface area (Å²) in [5, 5.41) is 8.45. The van der Waals surface area contributed by atoms with Crippen molar-refractivity contribution in [3.8, 4) is 0 Å². The monoisotopic (exact) mass is 387 g/mol. The first kappa shape index (κ1) is 18.6. The van der Waals surface area contributed by atoms with Gasteiger partial charge < -0.3 is 4.90 Å². The van der Waals surface area contributed by atoms with Crippen LogP contribution in [0.5, 0.6) is 0 Å². The van der Waals surface area contributed by atoms with E-state index >= 15 is 0 Å². The van der Waals surface area contributed by atoms with Gasteiger partial charge in [-0.05, 0) is 18.6 Å². The number of pyridine rings is 1. The molecule has 3 aromatic heterocycles. The zero-order chi connectivity index (χ0) is 19.6. The molecule has 9 heteroatoms. The number of unbranched alkanes of at least 4 members (excludes halogenated alkanes) is 1. The molecule has 0 aliphatic carbocycles. The topological polar surface area (TPSA) is 72.6 Å². The molecule has 0 saturated carbocycles. The Balaban J connectivity index is 1.67. The van der Waals surface area contributed by atoms with Crippen LogP contribution in [0.3, 0.4) is 0 Å². The largest absolute Gasteiger partial charge is 0.348 e. The highest BCUT2D eigenvalue weighted by atomic mass is 19.3. The van der Waals surface area contributed by atoms with Crippen molar-refractivity contribution in [1.82, 2.24) is 29.9 Å². The summed E-state index contributed by atoms with van der Waals surface area (Å²) < 4.78 is 29.2. The Labute approximate surface area is 161 Å². The standard InChI is InChI=1S/C19H23F2N7/c1-2-3-7-15-23-17(27-12-9-19(20,21)13-27)16-18(24-15)28(26-25-16)11-8-14-6-4-5-10-22-14/h4-6,10H,2-3,7-9,11-13H2,1H3. The van der Waals surface area contributed by atoms with E-state index in [1.54, 1.807) is 15.8 Å². The second kappa shape index (κ2) is 7.73. The average Bonchev–Trinajstić information content (AvgIpc) is 3.27. The fraction of sp³-hybridized carbons (Fsp3) is 0.526. The fourth-order valence-electron chi connectivity index (χ4n) is 3.39. The maximum absolute atomic E-state index is 13.8. The highest BCUT2D eigenvalue weighted by Crippen LogP contribution is 2.32. The normalized spacial score (nSPS) is 16.2. The van der Waals surface area contributed by atoms with Crippen LogP contribution < -0.4 is 4.90 Å². The number of aryl methyl sites for hydroxylation is 3. The smallest absolute Gasteiger partial charge is 0.266 e. The highest BCUT2D eigenvalue weighted by Gasteiger charge is 2.40. The van der Waals surface area contributed by atoms with Gasteiger partial charge in [-0.1, -0.05) is 24.6 Å². The summed E-state index contributed by atoms with van der Waals surface area (Å²) in [6.45, 7) is 2.58. The van der Waals surface area contributed by atoms with Crippen molar-refractivity contribution in [3.63, 3.8) is 0 Å². The van der Waals surface area contributed by atoms with Gasteiger partial charge in [0.2, 0.25) is 0 Å². The summed E-state index contributed by atoms with van der Waals surface area (Å²) in [5.74, 6) is -1.58. The van der Waals surface area contributed by atoms with Crippen molar-refractivity contribution in [2.24, 2.45) is 0 Å². The van der Waals surface area contributed by atoms with Crippen LogP contribution in [0.2, 0.25) is 0 Å². The molecule has 0 bridgehead atoms. The van der Waals surface area contributed by atoms with Crippen LogP contribution in [0, 0.1) is 0 Å². The van der Waals surface area contributed by atoms with Gasteiger partial charge >= 0.3 is 0 Å². The number of halogens is 2. The zero-order valence-corrected chi connectivity index (χ0v) is 15.9. The molecule has 0 aromatic carbocycles. The van der Waals surface area contributed by atoms with Gasteiger partial charge in [0.25, 0.3) is 5.92 Å². The summed E-state index contributed by atoms with van der Waals surface area (Å²) in [4.78, 5) is 15.2. The third kappa shape index (κ3) is 3.93. The molecule has 0 N–H and O–H groups in total. The van der Waals surface area contributed by atoms with E-state index in [0.717, 1.165) is 18.5 Å². The molecule has 7 nitrogen and oxygen atoms in total. The quantitative estimate of drug-likeness (QED) is 0.620. The van der Waals surface area contributed by atoms with Gasteiger partial charge in [-0.3, -0.25) is 4.98 Å². The van der Waals surface area contributed by atoms with Crippen molar-refractivity contribution in [2.45, 2.75) is 51.5 Å². The Morgan fingerprint density at radius 1 is 1.18 bits per heavy atom. The Bertz CT molecular complexity index is 942. The number of aromatic nitrogens is 6.